The zero-order valence-corrected chi connectivity index (χ0v) is 14.2. The fraction of sp³-hybridized carbons (Fsp3) is 0.533. The molecule has 1 aromatic carbocycles. The van der Waals surface area contributed by atoms with Gasteiger partial charge in [-0.25, -0.2) is 0 Å². The van der Waals surface area contributed by atoms with Crippen LogP contribution in [0.15, 0.2) is 23.1 Å². The molecule has 1 aliphatic rings. The Morgan fingerprint density at radius 3 is 2.71 bits per heavy atom. The lowest BCUT2D eigenvalue weighted by molar-refractivity contribution is -0.144. The number of carbonyl (C=O) groups is 1. The Morgan fingerprint density at radius 1 is 1.43 bits per heavy atom. The summed E-state index contributed by atoms with van der Waals surface area (Å²) in [5, 5.41) is 13.7. The first-order valence-electron chi connectivity index (χ1n) is 7.00. The van der Waals surface area contributed by atoms with Crippen molar-refractivity contribution in [2.45, 2.75) is 49.1 Å². The van der Waals surface area contributed by atoms with E-state index in [-0.39, 0.29) is 0 Å². The Labute approximate surface area is 139 Å². The van der Waals surface area contributed by atoms with Crippen molar-refractivity contribution in [1.82, 2.24) is 5.32 Å². The zero-order chi connectivity index (χ0) is 15.5. The van der Waals surface area contributed by atoms with E-state index in [2.05, 4.69) is 5.32 Å². The maximum absolute atomic E-state index is 11.4. The molecule has 21 heavy (non-hydrogen) atoms. The fourth-order valence-electron chi connectivity index (χ4n) is 2.10. The Bertz CT molecular complexity index is 522. The van der Waals surface area contributed by atoms with Crippen LogP contribution in [0.25, 0.3) is 0 Å². The van der Waals surface area contributed by atoms with Crippen LogP contribution < -0.4 is 5.32 Å². The first-order chi connectivity index (χ1) is 9.90. The van der Waals surface area contributed by atoms with Gasteiger partial charge in [-0.1, -0.05) is 23.2 Å². The maximum atomic E-state index is 11.4. The second-order valence-electron chi connectivity index (χ2n) is 5.58. The third-order valence-electron chi connectivity index (χ3n) is 3.55. The summed E-state index contributed by atoms with van der Waals surface area (Å²) in [6, 6.07) is 5.93. The molecule has 1 aliphatic carbocycles. The number of nitrogens with one attached hydrogen (secondary N) is 1. The van der Waals surface area contributed by atoms with E-state index >= 15 is 0 Å². The molecule has 1 saturated carbocycles. The monoisotopic (exact) mass is 347 g/mol. The van der Waals surface area contributed by atoms with E-state index in [0.717, 1.165) is 29.9 Å². The van der Waals surface area contributed by atoms with E-state index in [4.69, 9.17) is 23.2 Å². The Balaban J connectivity index is 1.79. The van der Waals surface area contributed by atoms with E-state index in [9.17, 15) is 9.90 Å². The van der Waals surface area contributed by atoms with E-state index in [0.29, 0.717) is 22.5 Å². The summed E-state index contributed by atoms with van der Waals surface area (Å²) in [6.45, 7) is 1.78. The molecule has 1 unspecified atom stereocenters. The number of carboxylic acids is 1. The topological polar surface area (TPSA) is 49.3 Å². The summed E-state index contributed by atoms with van der Waals surface area (Å²) in [5.41, 5.74) is -0.820. The Kier molecular flexibility index (Phi) is 5.83. The van der Waals surface area contributed by atoms with Gasteiger partial charge in [-0.15, -0.1) is 11.8 Å². The smallest absolute Gasteiger partial charge is 0.323 e. The normalized spacial score (nSPS) is 17.5. The molecule has 1 fully saturated rings. The highest BCUT2D eigenvalue weighted by Gasteiger charge is 2.37. The molecule has 1 aromatic rings. The van der Waals surface area contributed by atoms with Crippen molar-refractivity contribution in [2.24, 2.45) is 0 Å². The van der Waals surface area contributed by atoms with Gasteiger partial charge in [0.1, 0.15) is 5.54 Å². The van der Waals surface area contributed by atoms with E-state index in [1.165, 1.54) is 0 Å². The first-order valence-corrected chi connectivity index (χ1v) is 8.74. The van der Waals surface area contributed by atoms with Gasteiger partial charge in [-0.05, 0) is 56.6 Å². The van der Waals surface area contributed by atoms with Gasteiger partial charge in [0, 0.05) is 10.9 Å². The summed E-state index contributed by atoms with van der Waals surface area (Å²) < 4.78 is 0. The average molecular weight is 348 g/mol. The molecule has 1 atom stereocenters. The summed E-state index contributed by atoms with van der Waals surface area (Å²) in [7, 11) is 0. The van der Waals surface area contributed by atoms with E-state index in [1.807, 2.05) is 12.1 Å². The molecule has 0 saturated heterocycles. The number of hydrogen-bond acceptors (Lipinski definition) is 3. The lowest BCUT2D eigenvalue weighted by Crippen LogP contribution is -2.50. The first kappa shape index (κ1) is 16.9. The second kappa shape index (κ2) is 7.23. The van der Waals surface area contributed by atoms with Gasteiger partial charge in [-0.3, -0.25) is 10.1 Å². The molecule has 0 aromatic heterocycles. The van der Waals surface area contributed by atoms with Crippen LogP contribution >= 0.6 is 35.0 Å². The van der Waals surface area contributed by atoms with Gasteiger partial charge in [-0.2, -0.15) is 0 Å². The largest absolute Gasteiger partial charge is 0.480 e. The lowest BCUT2D eigenvalue weighted by atomic mass is 9.96. The van der Waals surface area contributed by atoms with Crippen molar-refractivity contribution in [3.8, 4) is 0 Å². The number of carboxylic acid groups (broad SMARTS) is 1. The van der Waals surface area contributed by atoms with Crippen LogP contribution in [-0.2, 0) is 4.79 Å². The average Bonchev–Trinajstić information content (AvgIpc) is 3.22. The van der Waals surface area contributed by atoms with Crippen molar-refractivity contribution >= 4 is 40.9 Å². The van der Waals surface area contributed by atoms with Crippen LogP contribution in [0.2, 0.25) is 10.0 Å². The molecular formula is C15H19Cl2NO2S. The van der Waals surface area contributed by atoms with Gasteiger partial charge in [0.15, 0.2) is 0 Å². The van der Waals surface area contributed by atoms with Crippen LogP contribution in [0.1, 0.15) is 32.6 Å². The van der Waals surface area contributed by atoms with Crippen molar-refractivity contribution in [1.29, 1.82) is 0 Å². The molecule has 2 N–H and O–H groups in total. The number of rotatable bonds is 8. The van der Waals surface area contributed by atoms with E-state index < -0.39 is 11.5 Å². The molecular weight excluding hydrogens is 329 g/mol. The molecule has 0 spiro atoms. The highest BCUT2D eigenvalue weighted by molar-refractivity contribution is 7.99. The third kappa shape index (κ3) is 5.06. The molecule has 0 aliphatic heterocycles. The number of thioether (sulfide) groups is 1. The van der Waals surface area contributed by atoms with Crippen LogP contribution in [0.3, 0.4) is 0 Å². The fourth-order valence-corrected chi connectivity index (χ4v) is 3.35. The number of benzene rings is 1. The molecule has 6 heteroatoms. The minimum atomic E-state index is -0.820. The summed E-state index contributed by atoms with van der Waals surface area (Å²) in [5.74, 6) is 0.0848. The molecule has 0 heterocycles. The maximum Gasteiger partial charge on any atom is 0.323 e. The lowest BCUT2D eigenvalue weighted by Gasteiger charge is -2.26. The van der Waals surface area contributed by atoms with Crippen LogP contribution in [-0.4, -0.2) is 28.4 Å². The second-order valence-corrected chi connectivity index (χ2v) is 7.57. The summed E-state index contributed by atoms with van der Waals surface area (Å²) in [4.78, 5) is 12.5. The number of hydrogen-bond donors (Lipinski definition) is 2. The Hall–Kier alpha value is -0.420. The minimum Gasteiger partial charge on any atom is -0.480 e. The number of aliphatic carboxylic acids is 1. The predicted molar refractivity (Wildman–Crippen MR) is 88.6 cm³/mol. The zero-order valence-electron chi connectivity index (χ0n) is 11.9. The van der Waals surface area contributed by atoms with Crippen LogP contribution in [0.5, 0.6) is 0 Å². The summed E-state index contributed by atoms with van der Waals surface area (Å²) >= 11 is 13.5. The highest BCUT2D eigenvalue weighted by atomic mass is 35.5. The van der Waals surface area contributed by atoms with E-state index in [1.54, 1.807) is 24.8 Å². The third-order valence-corrected chi connectivity index (χ3v) is 5.37. The van der Waals surface area contributed by atoms with Crippen molar-refractivity contribution < 1.29 is 9.90 Å². The van der Waals surface area contributed by atoms with Gasteiger partial charge in [0.25, 0.3) is 0 Å². The van der Waals surface area contributed by atoms with Gasteiger partial charge in [0.2, 0.25) is 0 Å². The molecule has 116 valence electrons. The quantitative estimate of drug-likeness (QED) is 0.538. The molecule has 0 radical (unpaired) electrons. The predicted octanol–water partition coefficient (Wildman–Crippen LogP) is 4.46. The molecule has 2 rings (SSSR count). The van der Waals surface area contributed by atoms with Gasteiger partial charge in [0.05, 0.1) is 10.0 Å². The minimum absolute atomic E-state index is 0.383. The van der Waals surface area contributed by atoms with Crippen LogP contribution in [0.4, 0.5) is 0 Å². The standard InChI is InChI=1S/C15H19Cl2NO2S/c1-15(14(19)20,18-10-3-4-10)7-2-8-21-11-5-6-12(16)13(17)9-11/h5-6,9-10,18H,2-4,7-8H2,1H3,(H,19,20). The van der Waals surface area contributed by atoms with Gasteiger partial charge >= 0.3 is 5.97 Å². The van der Waals surface area contributed by atoms with Crippen molar-refractivity contribution in [3.05, 3.63) is 28.2 Å². The van der Waals surface area contributed by atoms with Crippen LogP contribution in [0, 0.1) is 0 Å². The molecule has 0 amide bonds. The SMILES string of the molecule is CC(CCCSc1ccc(Cl)c(Cl)c1)(NC1CC1)C(=O)O. The highest BCUT2D eigenvalue weighted by Crippen LogP contribution is 2.30. The summed E-state index contributed by atoms with van der Waals surface area (Å²) in [6.07, 6.45) is 3.61. The molecule has 3 nitrogen and oxygen atoms in total. The number of halogens is 2. The Morgan fingerprint density at radius 2 is 2.14 bits per heavy atom. The van der Waals surface area contributed by atoms with Crippen molar-refractivity contribution in [2.75, 3.05) is 5.75 Å². The van der Waals surface area contributed by atoms with Crippen molar-refractivity contribution in [3.63, 3.8) is 0 Å². The molecule has 0 bridgehead atoms. The van der Waals surface area contributed by atoms with Gasteiger partial charge < -0.3 is 5.11 Å².